The van der Waals surface area contributed by atoms with E-state index in [4.69, 9.17) is 16.3 Å². The molecule has 136 valence electrons. The normalized spacial score (nSPS) is 10.6. The third-order valence-corrected chi connectivity index (χ3v) is 3.37. The van der Waals surface area contributed by atoms with Crippen molar-refractivity contribution in [2.45, 2.75) is 13.3 Å². The van der Waals surface area contributed by atoms with Crippen LogP contribution in [0.1, 0.15) is 18.9 Å². The van der Waals surface area contributed by atoms with E-state index in [1.165, 1.54) is 24.4 Å². The molecule has 0 bridgehead atoms. The number of halogens is 2. The second-order valence-electron chi connectivity index (χ2n) is 5.11. The number of hydrogen-bond acceptors (Lipinski definition) is 4. The van der Waals surface area contributed by atoms with E-state index in [2.05, 4.69) is 15.8 Å². The number of hydrogen-bond donors (Lipinski definition) is 2. The molecule has 6 nitrogen and oxygen atoms in total. The number of benzene rings is 2. The first-order chi connectivity index (χ1) is 12.5. The molecule has 0 saturated carbocycles. The van der Waals surface area contributed by atoms with Crippen LogP contribution in [0.15, 0.2) is 47.6 Å². The zero-order valence-corrected chi connectivity index (χ0v) is 14.7. The highest BCUT2D eigenvalue weighted by atomic mass is 35.5. The molecule has 2 aromatic carbocycles. The molecule has 0 fully saturated rings. The summed E-state index contributed by atoms with van der Waals surface area (Å²) >= 11 is 5.93. The minimum Gasteiger partial charge on any atom is -0.493 e. The Bertz CT molecular complexity index is 827. The Morgan fingerprint density at radius 3 is 2.73 bits per heavy atom. The zero-order valence-electron chi connectivity index (χ0n) is 14.0. The molecule has 2 N–H and O–H groups in total. The highest BCUT2D eigenvalue weighted by molar-refractivity contribution is 6.30. The second kappa shape index (κ2) is 9.53. The van der Waals surface area contributed by atoms with E-state index in [-0.39, 0.29) is 5.69 Å². The lowest BCUT2D eigenvalue weighted by Gasteiger charge is -2.07. The van der Waals surface area contributed by atoms with Gasteiger partial charge in [-0.05, 0) is 37.3 Å². The van der Waals surface area contributed by atoms with Gasteiger partial charge in [0.15, 0.2) is 0 Å². The summed E-state index contributed by atoms with van der Waals surface area (Å²) in [4.78, 5) is 23.5. The summed E-state index contributed by atoms with van der Waals surface area (Å²) in [5.74, 6) is -1.31. The smallest absolute Gasteiger partial charge is 0.249 e. The highest BCUT2D eigenvalue weighted by Crippen LogP contribution is 2.21. The number of anilines is 1. The molecule has 0 aromatic heterocycles. The van der Waals surface area contributed by atoms with Gasteiger partial charge in [0.25, 0.3) is 0 Å². The molecular weight excluding hydrogens is 361 g/mol. The van der Waals surface area contributed by atoms with Gasteiger partial charge in [0.05, 0.1) is 18.5 Å². The zero-order chi connectivity index (χ0) is 18.9. The van der Waals surface area contributed by atoms with Crippen LogP contribution >= 0.6 is 11.6 Å². The van der Waals surface area contributed by atoms with Crippen LogP contribution in [0.3, 0.4) is 0 Å². The number of nitrogens with one attached hydrogen (secondary N) is 2. The van der Waals surface area contributed by atoms with E-state index in [0.717, 1.165) is 0 Å². The van der Waals surface area contributed by atoms with Gasteiger partial charge in [0, 0.05) is 10.6 Å². The van der Waals surface area contributed by atoms with Crippen molar-refractivity contribution in [2.75, 3.05) is 11.9 Å². The first kappa shape index (κ1) is 19.4. The van der Waals surface area contributed by atoms with E-state index < -0.39 is 24.1 Å². The fourth-order valence-corrected chi connectivity index (χ4v) is 2.20. The van der Waals surface area contributed by atoms with Gasteiger partial charge in [-0.3, -0.25) is 9.59 Å². The van der Waals surface area contributed by atoms with Gasteiger partial charge in [-0.25, -0.2) is 9.82 Å². The van der Waals surface area contributed by atoms with Crippen molar-refractivity contribution in [3.8, 4) is 5.75 Å². The Kier molecular flexibility index (Phi) is 7.11. The maximum absolute atomic E-state index is 13.4. The topological polar surface area (TPSA) is 79.8 Å². The number of nitrogens with zero attached hydrogens (tertiary/aromatic N) is 1. The predicted octanol–water partition coefficient (Wildman–Crippen LogP) is 3.36. The molecule has 0 aliphatic carbocycles. The van der Waals surface area contributed by atoms with Crippen molar-refractivity contribution in [3.63, 3.8) is 0 Å². The van der Waals surface area contributed by atoms with Gasteiger partial charge in [-0.2, -0.15) is 5.10 Å². The molecule has 26 heavy (non-hydrogen) atoms. The Morgan fingerprint density at radius 2 is 2.00 bits per heavy atom. The number of para-hydroxylation sites is 1. The van der Waals surface area contributed by atoms with Gasteiger partial charge < -0.3 is 10.1 Å². The van der Waals surface area contributed by atoms with Crippen molar-refractivity contribution < 1.29 is 18.7 Å². The molecule has 0 aliphatic heterocycles. The van der Waals surface area contributed by atoms with Crippen LogP contribution in [0.2, 0.25) is 5.02 Å². The molecule has 2 rings (SSSR count). The van der Waals surface area contributed by atoms with Crippen LogP contribution in [0, 0.1) is 5.82 Å². The van der Waals surface area contributed by atoms with E-state index in [1.54, 1.807) is 24.3 Å². The molecule has 0 radical (unpaired) electrons. The molecule has 0 aliphatic rings. The lowest BCUT2D eigenvalue weighted by Crippen LogP contribution is -2.25. The summed E-state index contributed by atoms with van der Waals surface area (Å²) in [6.45, 7) is 2.30. The standard InChI is InChI=1S/C18H17ClFN3O3/c1-2-26-16-8-7-13(19)9-12(16)11-21-23-18(25)10-17(24)22-15-6-4-3-5-14(15)20/h3-9,11H,2,10H2,1H3,(H,22,24)(H,23,25). The number of carbonyl (C=O) groups excluding carboxylic acids is 2. The van der Waals surface area contributed by atoms with Crippen LogP contribution in [0.5, 0.6) is 5.75 Å². The maximum Gasteiger partial charge on any atom is 0.249 e. The predicted molar refractivity (Wildman–Crippen MR) is 98.0 cm³/mol. The van der Waals surface area contributed by atoms with Crippen LogP contribution in [-0.4, -0.2) is 24.6 Å². The molecule has 0 atom stereocenters. The third-order valence-electron chi connectivity index (χ3n) is 3.13. The minimum atomic E-state index is -0.652. The van der Waals surface area contributed by atoms with Gasteiger partial charge in [-0.15, -0.1) is 0 Å². The third kappa shape index (κ3) is 5.86. The number of hydrazone groups is 1. The maximum atomic E-state index is 13.4. The van der Waals surface area contributed by atoms with Crippen molar-refractivity contribution in [3.05, 3.63) is 58.9 Å². The Hall–Kier alpha value is -2.93. The van der Waals surface area contributed by atoms with Crippen LogP contribution in [-0.2, 0) is 9.59 Å². The van der Waals surface area contributed by atoms with Gasteiger partial charge >= 0.3 is 0 Å². The summed E-state index contributed by atoms with van der Waals surface area (Å²) < 4.78 is 18.9. The second-order valence-corrected chi connectivity index (χ2v) is 5.55. The molecule has 0 spiro atoms. The number of rotatable bonds is 7. The molecular formula is C18H17ClFN3O3. The van der Waals surface area contributed by atoms with Crippen molar-refractivity contribution in [1.82, 2.24) is 5.43 Å². The lowest BCUT2D eigenvalue weighted by molar-refractivity contribution is -0.126. The van der Waals surface area contributed by atoms with Crippen LogP contribution in [0.4, 0.5) is 10.1 Å². The fourth-order valence-electron chi connectivity index (χ4n) is 2.02. The summed E-state index contributed by atoms with van der Waals surface area (Å²) in [5.41, 5.74) is 2.82. The fraction of sp³-hybridized carbons (Fsp3) is 0.167. The SMILES string of the molecule is CCOc1ccc(Cl)cc1C=NNC(=O)CC(=O)Nc1ccccc1F. The van der Waals surface area contributed by atoms with E-state index in [1.807, 2.05) is 6.92 Å². The molecule has 2 amide bonds. The van der Waals surface area contributed by atoms with Gasteiger partial charge in [-0.1, -0.05) is 23.7 Å². The lowest BCUT2D eigenvalue weighted by atomic mass is 10.2. The minimum absolute atomic E-state index is 0.00841. The molecule has 0 saturated heterocycles. The molecule has 0 heterocycles. The summed E-state index contributed by atoms with van der Waals surface area (Å²) in [7, 11) is 0. The average molecular weight is 378 g/mol. The average Bonchev–Trinajstić information content (AvgIpc) is 2.59. The Labute approximate surface area is 155 Å². The van der Waals surface area contributed by atoms with Crippen molar-refractivity contribution >= 4 is 35.3 Å². The van der Waals surface area contributed by atoms with Gasteiger partial charge in [0.1, 0.15) is 18.0 Å². The highest BCUT2D eigenvalue weighted by Gasteiger charge is 2.11. The molecule has 0 unspecified atom stereocenters. The first-order valence-corrected chi connectivity index (χ1v) is 8.16. The molecule has 8 heteroatoms. The number of amides is 2. The largest absolute Gasteiger partial charge is 0.493 e. The van der Waals surface area contributed by atoms with E-state index in [9.17, 15) is 14.0 Å². The summed E-state index contributed by atoms with van der Waals surface area (Å²) in [6, 6.07) is 10.7. The van der Waals surface area contributed by atoms with E-state index in [0.29, 0.717) is 22.9 Å². The van der Waals surface area contributed by atoms with Gasteiger partial charge in [0.2, 0.25) is 11.8 Å². The van der Waals surface area contributed by atoms with Crippen LogP contribution < -0.4 is 15.5 Å². The Morgan fingerprint density at radius 1 is 1.23 bits per heavy atom. The van der Waals surface area contributed by atoms with E-state index >= 15 is 0 Å². The quantitative estimate of drug-likeness (QED) is 0.441. The monoisotopic (exact) mass is 377 g/mol. The molecule has 2 aromatic rings. The van der Waals surface area contributed by atoms with Crippen LogP contribution in [0.25, 0.3) is 0 Å². The Balaban J connectivity index is 1.90. The summed E-state index contributed by atoms with van der Waals surface area (Å²) in [5, 5.41) is 6.60. The number of ether oxygens (including phenoxy) is 1. The van der Waals surface area contributed by atoms with Crippen molar-refractivity contribution in [1.29, 1.82) is 0 Å². The number of carbonyl (C=O) groups is 2. The van der Waals surface area contributed by atoms with Crippen molar-refractivity contribution in [2.24, 2.45) is 5.10 Å². The summed E-state index contributed by atoms with van der Waals surface area (Å²) in [6.07, 6.45) is 0.864. The first-order valence-electron chi connectivity index (χ1n) is 7.78.